The molecular weight excluding hydrogens is 223 g/mol. The Hall–Kier alpha value is -1.62. The number of hydrogen-bond donors (Lipinski definition) is 2. The summed E-state index contributed by atoms with van der Waals surface area (Å²) in [5, 5.41) is 9.50. The van der Waals surface area contributed by atoms with Crippen molar-refractivity contribution in [3.63, 3.8) is 0 Å². The van der Waals surface area contributed by atoms with Crippen LogP contribution in [0.2, 0.25) is 0 Å². The highest BCUT2D eigenvalue weighted by atomic mass is 19.1. The lowest BCUT2D eigenvalue weighted by atomic mass is 10.1. The fraction of sp³-hybridized carbons (Fsp3) is 0.417. The number of benzene rings is 1. The minimum absolute atomic E-state index is 0.166. The van der Waals surface area contributed by atoms with Gasteiger partial charge in [-0.25, -0.2) is 4.39 Å². The third-order valence-corrected chi connectivity index (χ3v) is 2.93. The van der Waals surface area contributed by atoms with E-state index in [1.54, 1.807) is 0 Å². The fourth-order valence-electron chi connectivity index (χ4n) is 2.02. The maximum Gasteiger partial charge on any atom is 0.256 e. The van der Waals surface area contributed by atoms with Gasteiger partial charge in [-0.05, 0) is 31.0 Å². The Bertz CT molecular complexity index is 437. The molecule has 0 bridgehead atoms. The molecule has 4 nitrogen and oxygen atoms in total. The van der Waals surface area contributed by atoms with Gasteiger partial charge in [0.05, 0.1) is 11.7 Å². The zero-order chi connectivity index (χ0) is 12.4. The lowest BCUT2D eigenvalue weighted by Crippen LogP contribution is -2.42. The lowest BCUT2D eigenvalue weighted by Gasteiger charge is -2.30. The van der Waals surface area contributed by atoms with E-state index >= 15 is 0 Å². The van der Waals surface area contributed by atoms with Gasteiger partial charge in [-0.15, -0.1) is 0 Å². The van der Waals surface area contributed by atoms with E-state index in [9.17, 15) is 14.3 Å². The number of carbonyl (C=O) groups is 1. The average Bonchev–Trinajstić information content (AvgIpc) is 2.31. The summed E-state index contributed by atoms with van der Waals surface area (Å²) in [4.78, 5) is 13.6. The van der Waals surface area contributed by atoms with Crippen LogP contribution in [0, 0.1) is 5.82 Å². The number of aliphatic hydroxyl groups is 1. The second-order valence-corrected chi connectivity index (χ2v) is 4.28. The van der Waals surface area contributed by atoms with E-state index in [-0.39, 0.29) is 23.7 Å². The summed E-state index contributed by atoms with van der Waals surface area (Å²) in [6.45, 7) is 0.862. The molecule has 1 heterocycles. The average molecular weight is 238 g/mol. The summed E-state index contributed by atoms with van der Waals surface area (Å²) >= 11 is 0. The minimum atomic E-state index is -0.498. The highest BCUT2D eigenvalue weighted by Gasteiger charge is 2.24. The van der Waals surface area contributed by atoms with Gasteiger partial charge in [0.2, 0.25) is 0 Å². The number of likely N-dealkylation sites (tertiary alicyclic amines) is 1. The van der Waals surface area contributed by atoms with Crippen molar-refractivity contribution in [1.29, 1.82) is 0 Å². The fourth-order valence-corrected chi connectivity index (χ4v) is 2.02. The van der Waals surface area contributed by atoms with Crippen molar-refractivity contribution < 1.29 is 14.3 Å². The van der Waals surface area contributed by atoms with Crippen molar-refractivity contribution in [3.8, 4) is 0 Å². The summed E-state index contributed by atoms with van der Waals surface area (Å²) in [7, 11) is 0. The highest BCUT2D eigenvalue weighted by molar-refractivity contribution is 5.99. The molecule has 1 fully saturated rings. The molecule has 1 aliphatic heterocycles. The molecule has 1 atom stereocenters. The number of anilines is 1. The Morgan fingerprint density at radius 3 is 3.00 bits per heavy atom. The third kappa shape index (κ3) is 2.55. The monoisotopic (exact) mass is 238 g/mol. The third-order valence-electron chi connectivity index (χ3n) is 2.93. The molecule has 0 radical (unpaired) electrons. The second kappa shape index (κ2) is 4.71. The van der Waals surface area contributed by atoms with Gasteiger partial charge in [0.15, 0.2) is 0 Å². The van der Waals surface area contributed by atoms with Crippen LogP contribution in [0.4, 0.5) is 10.1 Å². The minimum Gasteiger partial charge on any atom is -0.398 e. The lowest BCUT2D eigenvalue weighted by molar-refractivity contribution is 0.0474. The molecule has 1 saturated heterocycles. The first-order valence-electron chi connectivity index (χ1n) is 5.60. The maximum absolute atomic E-state index is 13.1. The van der Waals surface area contributed by atoms with Gasteiger partial charge < -0.3 is 15.7 Å². The van der Waals surface area contributed by atoms with Crippen molar-refractivity contribution in [2.24, 2.45) is 0 Å². The molecule has 17 heavy (non-hydrogen) atoms. The van der Waals surface area contributed by atoms with Crippen LogP contribution in [0.25, 0.3) is 0 Å². The van der Waals surface area contributed by atoms with Crippen LogP contribution in [0.15, 0.2) is 18.2 Å². The van der Waals surface area contributed by atoms with Gasteiger partial charge in [-0.1, -0.05) is 0 Å². The highest BCUT2D eigenvalue weighted by Crippen LogP contribution is 2.19. The molecule has 2 rings (SSSR count). The SMILES string of the molecule is Nc1ccc(F)cc1C(=O)N1CCC[C@H](O)C1. The van der Waals surface area contributed by atoms with Crippen LogP contribution >= 0.6 is 0 Å². The molecule has 0 spiro atoms. The van der Waals surface area contributed by atoms with Crippen LogP contribution in [-0.2, 0) is 0 Å². The molecule has 0 saturated carbocycles. The van der Waals surface area contributed by atoms with Crippen LogP contribution in [0.3, 0.4) is 0 Å². The van der Waals surface area contributed by atoms with Crippen molar-refractivity contribution in [2.45, 2.75) is 18.9 Å². The van der Waals surface area contributed by atoms with Crippen LogP contribution in [-0.4, -0.2) is 35.1 Å². The number of hydrogen-bond acceptors (Lipinski definition) is 3. The van der Waals surface area contributed by atoms with E-state index in [2.05, 4.69) is 0 Å². The van der Waals surface area contributed by atoms with Crippen LogP contribution in [0.1, 0.15) is 23.2 Å². The molecule has 5 heteroatoms. The number of β-amino-alcohol motifs (C(OH)–C–C–N with tert-alkyl or cyclic N) is 1. The van der Waals surface area contributed by atoms with Crippen molar-refractivity contribution in [1.82, 2.24) is 4.90 Å². The van der Waals surface area contributed by atoms with Gasteiger partial charge in [0.1, 0.15) is 5.82 Å². The van der Waals surface area contributed by atoms with Crippen LogP contribution < -0.4 is 5.73 Å². The van der Waals surface area contributed by atoms with E-state index in [0.29, 0.717) is 13.0 Å². The first-order chi connectivity index (χ1) is 8.08. The van der Waals surface area contributed by atoms with E-state index in [0.717, 1.165) is 12.5 Å². The second-order valence-electron chi connectivity index (χ2n) is 4.28. The first kappa shape index (κ1) is 11.9. The zero-order valence-electron chi connectivity index (χ0n) is 9.40. The topological polar surface area (TPSA) is 66.6 Å². The number of nitrogens with zero attached hydrogens (tertiary/aromatic N) is 1. The number of nitrogens with two attached hydrogens (primary N) is 1. The Balaban J connectivity index is 2.21. The van der Waals surface area contributed by atoms with Gasteiger partial charge in [-0.2, -0.15) is 0 Å². The number of piperidine rings is 1. The van der Waals surface area contributed by atoms with Gasteiger partial charge in [0, 0.05) is 18.8 Å². The van der Waals surface area contributed by atoms with E-state index < -0.39 is 11.9 Å². The number of rotatable bonds is 1. The largest absolute Gasteiger partial charge is 0.398 e. The predicted octanol–water partition coefficient (Wildman–Crippen LogP) is 1.00. The smallest absolute Gasteiger partial charge is 0.256 e. The molecular formula is C12H15FN2O2. The van der Waals surface area contributed by atoms with Crippen molar-refractivity contribution >= 4 is 11.6 Å². The Kier molecular flexibility index (Phi) is 3.28. The molecule has 0 aromatic heterocycles. The standard InChI is InChI=1S/C12H15FN2O2/c13-8-3-4-11(14)10(6-8)12(17)15-5-1-2-9(16)7-15/h3-4,6,9,16H,1-2,5,7,14H2/t9-/m0/s1. The summed E-state index contributed by atoms with van der Waals surface area (Å²) in [5.74, 6) is -0.805. The normalized spacial score (nSPS) is 20.4. The number of nitrogen functional groups attached to an aromatic ring is 1. The molecule has 0 unspecified atom stereocenters. The molecule has 92 valence electrons. The molecule has 1 amide bonds. The summed E-state index contributed by atoms with van der Waals surface area (Å²) in [6.07, 6.45) is 0.951. The summed E-state index contributed by atoms with van der Waals surface area (Å²) in [5.41, 5.74) is 6.08. The number of aliphatic hydroxyl groups excluding tert-OH is 1. The Morgan fingerprint density at radius 2 is 2.29 bits per heavy atom. The molecule has 1 aromatic rings. The zero-order valence-corrected chi connectivity index (χ0v) is 9.40. The quantitative estimate of drug-likeness (QED) is 0.717. The Labute approximate surface area is 98.8 Å². The van der Waals surface area contributed by atoms with Crippen LogP contribution in [0.5, 0.6) is 0 Å². The van der Waals surface area contributed by atoms with E-state index in [1.165, 1.54) is 17.0 Å². The van der Waals surface area contributed by atoms with Crippen molar-refractivity contribution in [2.75, 3.05) is 18.8 Å². The van der Waals surface area contributed by atoms with Gasteiger partial charge in [-0.3, -0.25) is 4.79 Å². The Morgan fingerprint density at radius 1 is 1.53 bits per heavy atom. The molecule has 1 aromatic carbocycles. The van der Waals surface area contributed by atoms with Gasteiger partial charge >= 0.3 is 0 Å². The first-order valence-corrected chi connectivity index (χ1v) is 5.60. The number of carbonyl (C=O) groups excluding carboxylic acids is 1. The van der Waals surface area contributed by atoms with E-state index in [4.69, 9.17) is 5.73 Å². The predicted molar refractivity (Wildman–Crippen MR) is 62.0 cm³/mol. The summed E-state index contributed by atoms with van der Waals surface area (Å²) in [6, 6.07) is 3.73. The molecule has 1 aliphatic rings. The van der Waals surface area contributed by atoms with Crippen molar-refractivity contribution in [3.05, 3.63) is 29.6 Å². The van der Waals surface area contributed by atoms with E-state index in [1.807, 2.05) is 0 Å². The molecule has 0 aliphatic carbocycles. The number of halogens is 1. The maximum atomic E-state index is 13.1. The summed E-state index contributed by atoms with van der Waals surface area (Å²) < 4.78 is 13.1. The van der Waals surface area contributed by atoms with Gasteiger partial charge in [0.25, 0.3) is 5.91 Å². The number of amides is 1. The molecule has 3 N–H and O–H groups in total.